The molecule has 1 aromatic heterocycles. The van der Waals surface area contributed by atoms with Crippen LogP contribution in [-0.4, -0.2) is 22.6 Å². The Bertz CT molecular complexity index is 641. The number of aryl methyl sites for hydroxylation is 1. The number of fused-ring (bicyclic) bond motifs is 1. The van der Waals surface area contributed by atoms with Crippen molar-refractivity contribution in [3.8, 4) is 0 Å². The third-order valence-electron chi connectivity index (χ3n) is 3.91. The van der Waals surface area contributed by atoms with Crippen molar-refractivity contribution >= 4 is 11.0 Å². The molecule has 0 unspecified atom stereocenters. The van der Waals surface area contributed by atoms with Gasteiger partial charge in [0.25, 0.3) is 5.56 Å². The van der Waals surface area contributed by atoms with E-state index in [0.29, 0.717) is 11.6 Å². The van der Waals surface area contributed by atoms with Gasteiger partial charge in [0.05, 0.1) is 11.0 Å². The lowest BCUT2D eigenvalue weighted by atomic mass is 9.98. The molecule has 0 bridgehead atoms. The molecule has 4 heteroatoms. The first-order chi connectivity index (χ1) is 9.25. The normalized spacial score (nSPS) is 16.9. The largest absolute Gasteiger partial charge is 0.317 e. The zero-order valence-electron chi connectivity index (χ0n) is 11.2. The average Bonchev–Trinajstić information content (AvgIpc) is 2.45. The Morgan fingerprint density at radius 1 is 1.32 bits per heavy atom. The number of nitrogens with one attached hydrogen (secondary N) is 1. The van der Waals surface area contributed by atoms with Crippen LogP contribution in [0.15, 0.2) is 29.1 Å². The molecule has 0 spiro atoms. The van der Waals surface area contributed by atoms with Crippen LogP contribution < -0.4 is 10.9 Å². The lowest BCUT2D eigenvalue weighted by Gasteiger charge is -2.24. The van der Waals surface area contributed by atoms with Gasteiger partial charge in [-0.2, -0.15) is 0 Å². The minimum Gasteiger partial charge on any atom is -0.317 e. The van der Waals surface area contributed by atoms with Crippen molar-refractivity contribution in [2.75, 3.05) is 13.1 Å². The number of hydrogen-bond acceptors (Lipinski definition) is 3. The number of nitrogens with zero attached hydrogens (tertiary/aromatic N) is 2. The lowest BCUT2D eigenvalue weighted by Crippen LogP contribution is -2.33. The van der Waals surface area contributed by atoms with E-state index in [4.69, 9.17) is 0 Å². The summed E-state index contributed by atoms with van der Waals surface area (Å²) in [7, 11) is 0. The van der Waals surface area contributed by atoms with E-state index in [1.54, 1.807) is 6.92 Å². The topological polar surface area (TPSA) is 46.9 Å². The van der Waals surface area contributed by atoms with Gasteiger partial charge in [-0.3, -0.25) is 4.79 Å². The van der Waals surface area contributed by atoms with Gasteiger partial charge < -0.3 is 9.88 Å². The van der Waals surface area contributed by atoms with E-state index in [-0.39, 0.29) is 5.56 Å². The van der Waals surface area contributed by atoms with Crippen LogP contribution in [0.25, 0.3) is 11.0 Å². The summed E-state index contributed by atoms with van der Waals surface area (Å²) in [4.78, 5) is 16.7. The summed E-state index contributed by atoms with van der Waals surface area (Å²) >= 11 is 0. The van der Waals surface area contributed by atoms with Gasteiger partial charge in [-0.1, -0.05) is 12.1 Å². The van der Waals surface area contributed by atoms with Crippen LogP contribution in [0.4, 0.5) is 0 Å². The van der Waals surface area contributed by atoms with Gasteiger partial charge in [0.2, 0.25) is 0 Å². The van der Waals surface area contributed by atoms with Crippen LogP contribution in [0.5, 0.6) is 0 Å². The highest BCUT2D eigenvalue weighted by Gasteiger charge is 2.16. The standard InChI is InChI=1S/C15H19N3O/c1-11-15(19)18(10-12-6-8-16-9-7-12)14-5-3-2-4-13(14)17-11/h2-5,12,16H,6-10H2,1H3. The van der Waals surface area contributed by atoms with Gasteiger partial charge in [0.15, 0.2) is 0 Å². The molecule has 1 aliphatic rings. The molecule has 2 heterocycles. The summed E-state index contributed by atoms with van der Waals surface area (Å²) in [5.74, 6) is 0.587. The number of aromatic nitrogens is 2. The summed E-state index contributed by atoms with van der Waals surface area (Å²) < 4.78 is 1.91. The number of rotatable bonds is 2. The van der Waals surface area contributed by atoms with Gasteiger partial charge >= 0.3 is 0 Å². The quantitative estimate of drug-likeness (QED) is 0.891. The Morgan fingerprint density at radius 3 is 2.84 bits per heavy atom. The predicted molar refractivity (Wildman–Crippen MR) is 76.3 cm³/mol. The monoisotopic (exact) mass is 257 g/mol. The van der Waals surface area contributed by atoms with E-state index in [0.717, 1.165) is 43.5 Å². The van der Waals surface area contributed by atoms with Crippen molar-refractivity contribution < 1.29 is 0 Å². The molecule has 0 amide bonds. The van der Waals surface area contributed by atoms with Gasteiger partial charge in [-0.15, -0.1) is 0 Å². The number of hydrogen-bond donors (Lipinski definition) is 1. The molecule has 2 aromatic rings. The van der Waals surface area contributed by atoms with Gasteiger partial charge in [0.1, 0.15) is 5.69 Å². The second-order valence-electron chi connectivity index (χ2n) is 5.30. The molecule has 19 heavy (non-hydrogen) atoms. The molecule has 1 saturated heterocycles. The zero-order chi connectivity index (χ0) is 13.2. The highest BCUT2D eigenvalue weighted by atomic mass is 16.1. The maximum absolute atomic E-state index is 12.3. The van der Waals surface area contributed by atoms with Gasteiger partial charge in [-0.05, 0) is 50.9 Å². The fraction of sp³-hybridized carbons (Fsp3) is 0.467. The van der Waals surface area contributed by atoms with Crippen LogP contribution in [0.3, 0.4) is 0 Å². The molecule has 0 radical (unpaired) electrons. The molecule has 1 aliphatic heterocycles. The molecular weight excluding hydrogens is 238 g/mol. The number of piperidine rings is 1. The molecular formula is C15H19N3O. The van der Waals surface area contributed by atoms with Crippen LogP contribution in [0, 0.1) is 12.8 Å². The molecule has 1 N–H and O–H groups in total. The average molecular weight is 257 g/mol. The first-order valence-corrected chi connectivity index (χ1v) is 6.92. The van der Waals surface area contributed by atoms with Crippen molar-refractivity contribution in [1.29, 1.82) is 0 Å². The molecule has 1 aromatic carbocycles. The summed E-state index contributed by atoms with van der Waals surface area (Å²) in [6.45, 7) is 4.72. The highest BCUT2D eigenvalue weighted by Crippen LogP contribution is 2.17. The second kappa shape index (κ2) is 5.13. The second-order valence-corrected chi connectivity index (χ2v) is 5.30. The van der Waals surface area contributed by atoms with E-state index in [1.165, 1.54) is 0 Å². The first-order valence-electron chi connectivity index (χ1n) is 6.92. The Morgan fingerprint density at radius 2 is 2.05 bits per heavy atom. The van der Waals surface area contributed by atoms with Crippen LogP contribution >= 0.6 is 0 Å². The molecule has 0 atom stereocenters. The van der Waals surface area contributed by atoms with E-state index in [1.807, 2.05) is 28.8 Å². The van der Waals surface area contributed by atoms with Crippen molar-refractivity contribution in [2.45, 2.75) is 26.3 Å². The SMILES string of the molecule is Cc1nc2ccccc2n(CC2CCNCC2)c1=O. The first kappa shape index (κ1) is 12.4. The van der Waals surface area contributed by atoms with Crippen molar-refractivity contribution in [1.82, 2.24) is 14.9 Å². The third-order valence-corrected chi connectivity index (χ3v) is 3.91. The van der Waals surface area contributed by atoms with Crippen molar-refractivity contribution in [3.05, 3.63) is 40.3 Å². The molecule has 0 saturated carbocycles. The molecule has 0 aliphatic carbocycles. The molecule has 4 nitrogen and oxygen atoms in total. The minimum atomic E-state index is 0.0530. The van der Waals surface area contributed by atoms with Gasteiger partial charge in [-0.25, -0.2) is 4.98 Å². The van der Waals surface area contributed by atoms with Crippen molar-refractivity contribution in [3.63, 3.8) is 0 Å². The van der Waals surface area contributed by atoms with E-state index in [9.17, 15) is 4.79 Å². The van der Waals surface area contributed by atoms with Crippen molar-refractivity contribution in [2.24, 2.45) is 5.92 Å². The smallest absolute Gasteiger partial charge is 0.272 e. The van der Waals surface area contributed by atoms with Crippen LogP contribution in [-0.2, 0) is 6.54 Å². The Balaban J connectivity index is 2.05. The van der Waals surface area contributed by atoms with E-state index in [2.05, 4.69) is 10.3 Å². The minimum absolute atomic E-state index is 0.0530. The Kier molecular flexibility index (Phi) is 3.34. The zero-order valence-corrected chi connectivity index (χ0v) is 11.2. The maximum Gasteiger partial charge on any atom is 0.272 e. The molecule has 3 rings (SSSR count). The van der Waals surface area contributed by atoms with Crippen LogP contribution in [0.2, 0.25) is 0 Å². The Labute approximate surface area is 112 Å². The highest BCUT2D eigenvalue weighted by molar-refractivity contribution is 5.74. The summed E-state index contributed by atoms with van der Waals surface area (Å²) in [5, 5.41) is 3.36. The lowest BCUT2D eigenvalue weighted by molar-refractivity contribution is 0.333. The maximum atomic E-state index is 12.3. The summed E-state index contributed by atoms with van der Waals surface area (Å²) in [5.41, 5.74) is 2.51. The predicted octanol–water partition coefficient (Wildman–Crippen LogP) is 1.70. The number of benzene rings is 1. The molecule has 1 fully saturated rings. The number of para-hydroxylation sites is 2. The fourth-order valence-electron chi connectivity index (χ4n) is 2.82. The summed E-state index contributed by atoms with van der Waals surface area (Å²) in [6.07, 6.45) is 2.28. The fourth-order valence-corrected chi connectivity index (χ4v) is 2.82. The van der Waals surface area contributed by atoms with E-state index >= 15 is 0 Å². The Hall–Kier alpha value is -1.68. The summed E-state index contributed by atoms with van der Waals surface area (Å²) in [6, 6.07) is 7.90. The molecule has 100 valence electrons. The van der Waals surface area contributed by atoms with Crippen LogP contribution in [0.1, 0.15) is 18.5 Å². The third kappa shape index (κ3) is 2.40. The van der Waals surface area contributed by atoms with Gasteiger partial charge in [0, 0.05) is 6.54 Å². The van der Waals surface area contributed by atoms with E-state index < -0.39 is 0 Å².